The van der Waals surface area contributed by atoms with Gasteiger partial charge in [0.05, 0.1) is 0 Å². The molecule has 2 atom stereocenters. The smallest absolute Gasteiger partial charge is 0.0467 e. The van der Waals surface area contributed by atoms with E-state index in [2.05, 4.69) is 13.8 Å². The van der Waals surface area contributed by atoms with Crippen LogP contribution in [-0.4, -0.2) is 15.2 Å². The zero-order valence-corrected chi connectivity index (χ0v) is 8.70. The molecule has 0 saturated heterocycles. The molecule has 0 heterocycles. The topological polar surface area (TPSA) is 40.9 Å². The van der Waals surface area contributed by atoms with Crippen molar-refractivity contribution in [3.8, 4) is 0 Å². The van der Waals surface area contributed by atoms with E-state index in [4.69, 9.17) is 4.78 Å². The summed E-state index contributed by atoms with van der Waals surface area (Å²) in [6.07, 6.45) is 1.02. The normalized spacial score (nSPS) is 19.7. The molecule has 0 saturated carbocycles. The molecular formula is C8H19NOS. The van der Waals surface area contributed by atoms with Crippen LogP contribution in [0.15, 0.2) is 0 Å². The lowest BCUT2D eigenvalue weighted by atomic mass is 10.2. The van der Waals surface area contributed by atoms with Gasteiger partial charge in [-0.25, -0.2) is 4.21 Å². The Hall–Kier alpha value is -0.0500. The molecule has 0 aliphatic heterocycles. The number of rotatable bonds is 4. The number of nitrogens with one attached hydrogen (secondary N) is 1. The van der Waals surface area contributed by atoms with E-state index < -0.39 is 9.73 Å². The summed E-state index contributed by atoms with van der Waals surface area (Å²) in [5.74, 6) is 0.976. The van der Waals surface area contributed by atoms with Gasteiger partial charge < -0.3 is 0 Å². The average Bonchev–Trinajstić information content (AvgIpc) is 1.86. The molecule has 11 heavy (non-hydrogen) atoms. The van der Waals surface area contributed by atoms with E-state index in [0.717, 1.165) is 6.42 Å². The zero-order valence-electron chi connectivity index (χ0n) is 7.89. The molecule has 0 radical (unpaired) electrons. The van der Waals surface area contributed by atoms with Crippen LogP contribution in [0, 0.1) is 10.7 Å². The van der Waals surface area contributed by atoms with Crippen LogP contribution in [-0.2, 0) is 9.73 Å². The van der Waals surface area contributed by atoms with E-state index in [1.807, 2.05) is 13.8 Å². The monoisotopic (exact) mass is 177 g/mol. The summed E-state index contributed by atoms with van der Waals surface area (Å²) in [5, 5.41) is -0.00324. The Morgan fingerprint density at radius 1 is 1.36 bits per heavy atom. The molecule has 1 N–H and O–H groups in total. The predicted octanol–water partition coefficient (Wildman–Crippen LogP) is 2.49. The first-order valence-electron chi connectivity index (χ1n) is 4.15. The zero-order chi connectivity index (χ0) is 9.07. The van der Waals surface area contributed by atoms with E-state index in [-0.39, 0.29) is 5.25 Å². The van der Waals surface area contributed by atoms with Crippen LogP contribution in [0.5, 0.6) is 0 Å². The van der Waals surface area contributed by atoms with Crippen LogP contribution in [0.4, 0.5) is 0 Å². The third-order valence-corrected chi connectivity index (χ3v) is 4.58. The Morgan fingerprint density at radius 2 is 1.82 bits per heavy atom. The van der Waals surface area contributed by atoms with Gasteiger partial charge in [0.1, 0.15) is 0 Å². The van der Waals surface area contributed by atoms with Gasteiger partial charge in [0.25, 0.3) is 0 Å². The van der Waals surface area contributed by atoms with Crippen LogP contribution in [0.1, 0.15) is 34.1 Å². The van der Waals surface area contributed by atoms with E-state index in [1.165, 1.54) is 0 Å². The van der Waals surface area contributed by atoms with Crippen molar-refractivity contribution in [2.45, 2.75) is 39.4 Å². The Morgan fingerprint density at radius 3 is 2.09 bits per heavy atom. The highest BCUT2D eigenvalue weighted by molar-refractivity contribution is 7.92. The number of hydrogen-bond donors (Lipinski definition) is 1. The fraction of sp³-hybridized carbons (Fsp3) is 1.00. The Kier molecular flexibility index (Phi) is 4.08. The van der Waals surface area contributed by atoms with Crippen molar-refractivity contribution in [2.75, 3.05) is 5.75 Å². The molecule has 0 bridgehead atoms. The first-order chi connectivity index (χ1) is 4.90. The SMILES string of the molecule is CC[C@@H](C)C[S@](=N)(=O)C(C)C. The van der Waals surface area contributed by atoms with Crippen LogP contribution < -0.4 is 0 Å². The van der Waals surface area contributed by atoms with Crippen LogP contribution >= 0.6 is 0 Å². The highest BCUT2D eigenvalue weighted by Gasteiger charge is 2.14. The van der Waals surface area contributed by atoms with Gasteiger partial charge in [-0.1, -0.05) is 34.1 Å². The maximum absolute atomic E-state index is 11.5. The van der Waals surface area contributed by atoms with Gasteiger partial charge in [-0.2, -0.15) is 0 Å². The molecule has 0 aromatic rings. The lowest BCUT2D eigenvalue weighted by Crippen LogP contribution is -2.20. The molecule has 0 aliphatic rings. The lowest BCUT2D eigenvalue weighted by molar-refractivity contribution is 0.606. The summed E-state index contributed by atoms with van der Waals surface area (Å²) in [5.41, 5.74) is 0. The molecule has 0 unspecified atom stereocenters. The summed E-state index contributed by atoms with van der Waals surface area (Å²) < 4.78 is 19.1. The van der Waals surface area contributed by atoms with E-state index in [0.29, 0.717) is 11.7 Å². The standard InChI is InChI=1S/C8H19NOS/c1-5-8(4)6-11(9,10)7(2)3/h7-9H,5-6H2,1-4H3/t8-,11+/m1/s1. The predicted molar refractivity (Wildman–Crippen MR) is 50.3 cm³/mol. The maximum atomic E-state index is 11.5. The highest BCUT2D eigenvalue weighted by atomic mass is 32.2. The molecular weight excluding hydrogens is 158 g/mol. The molecule has 0 spiro atoms. The van der Waals surface area contributed by atoms with Crippen molar-refractivity contribution in [3.63, 3.8) is 0 Å². The third-order valence-electron chi connectivity index (χ3n) is 1.99. The van der Waals surface area contributed by atoms with Crippen molar-refractivity contribution >= 4 is 9.73 Å². The second kappa shape index (κ2) is 4.10. The Balaban J connectivity index is 4.15. The Labute approximate surface area is 70.4 Å². The summed E-state index contributed by atoms with van der Waals surface area (Å²) in [6, 6.07) is 0. The van der Waals surface area contributed by atoms with Crippen molar-refractivity contribution in [2.24, 2.45) is 5.92 Å². The second-order valence-electron chi connectivity index (χ2n) is 3.46. The van der Waals surface area contributed by atoms with Gasteiger partial charge in [-0.3, -0.25) is 4.78 Å². The highest BCUT2D eigenvalue weighted by Crippen LogP contribution is 2.10. The summed E-state index contributed by atoms with van der Waals surface area (Å²) >= 11 is 0. The van der Waals surface area contributed by atoms with Crippen LogP contribution in [0.3, 0.4) is 0 Å². The summed E-state index contributed by atoms with van der Waals surface area (Å²) in [6.45, 7) is 7.84. The van der Waals surface area contributed by atoms with Gasteiger partial charge in [0.15, 0.2) is 0 Å². The van der Waals surface area contributed by atoms with E-state index in [1.54, 1.807) is 0 Å². The van der Waals surface area contributed by atoms with Gasteiger partial charge >= 0.3 is 0 Å². The molecule has 2 nitrogen and oxygen atoms in total. The van der Waals surface area contributed by atoms with E-state index in [9.17, 15) is 4.21 Å². The fourth-order valence-corrected chi connectivity index (χ4v) is 2.20. The van der Waals surface area contributed by atoms with Gasteiger partial charge in [-0.05, 0) is 5.92 Å². The van der Waals surface area contributed by atoms with Gasteiger partial charge in [0.2, 0.25) is 0 Å². The molecule has 68 valence electrons. The lowest BCUT2D eigenvalue weighted by Gasteiger charge is -2.14. The minimum atomic E-state index is -2.31. The first-order valence-corrected chi connectivity index (χ1v) is 5.94. The van der Waals surface area contributed by atoms with Crippen molar-refractivity contribution in [3.05, 3.63) is 0 Å². The minimum Gasteiger partial charge on any atom is -0.253 e. The molecule has 0 rings (SSSR count). The summed E-state index contributed by atoms with van der Waals surface area (Å²) in [7, 11) is -2.31. The van der Waals surface area contributed by atoms with Crippen molar-refractivity contribution in [1.82, 2.24) is 0 Å². The van der Waals surface area contributed by atoms with Crippen LogP contribution in [0.25, 0.3) is 0 Å². The molecule has 0 aromatic carbocycles. The first kappa shape index (κ1) is 11.0. The summed E-state index contributed by atoms with van der Waals surface area (Å²) in [4.78, 5) is 0. The third kappa shape index (κ3) is 3.75. The fourth-order valence-electron chi connectivity index (χ4n) is 0.733. The van der Waals surface area contributed by atoms with Gasteiger partial charge in [0, 0.05) is 20.7 Å². The van der Waals surface area contributed by atoms with Crippen LogP contribution in [0.2, 0.25) is 0 Å². The average molecular weight is 177 g/mol. The molecule has 0 fully saturated rings. The number of hydrogen-bond acceptors (Lipinski definition) is 2. The van der Waals surface area contributed by atoms with Crippen molar-refractivity contribution < 1.29 is 4.21 Å². The van der Waals surface area contributed by atoms with Gasteiger partial charge in [-0.15, -0.1) is 0 Å². The van der Waals surface area contributed by atoms with Crippen molar-refractivity contribution in [1.29, 1.82) is 4.78 Å². The quantitative estimate of drug-likeness (QED) is 0.704. The Bertz CT molecular complexity index is 194. The largest absolute Gasteiger partial charge is 0.253 e. The molecule has 3 heteroatoms. The molecule has 0 amide bonds. The maximum Gasteiger partial charge on any atom is 0.0467 e. The minimum absolute atomic E-state index is 0.00324. The second-order valence-corrected chi connectivity index (χ2v) is 6.18. The molecule has 0 aliphatic carbocycles. The van der Waals surface area contributed by atoms with E-state index >= 15 is 0 Å². The molecule has 0 aromatic heterocycles.